The summed E-state index contributed by atoms with van der Waals surface area (Å²) in [7, 11) is 0. The number of aromatic nitrogens is 5. The highest BCUT2D eigenvalue weighted by Gasteiger charge is 2.22. The Balaban J connectivity index is 1.58. The van der Waals surface area contributed by atoms with Crippen LogP contribution in [-0.4, -0.2) is 24.1 Å². The Morgan fingerprint density at radius 2 is 1.02 bits per heavy atom. The van der Waals surface area contributed by atoms with Gasteiger partial charge in [-0.25, -0.2) is 0 Å². The number of nitriles is 1. The van der Waals surface area contributed by atoms with Crippen LogP contribution in [0.3, 0.4) is 0 Å². The van der Waals surface area contributed by atoms with E-state index in [9.17, 15) is 5.26 Å². The van der Waals surface area contributed by atoms with Gasteiger partial charge in [0.05, 0.1) is 33.4 Å². The molecule has 0 bridgehead atoms. The summed E-state index contributed by atoms with van der Waals surface area (Å²) >= 11 is 0. The van der Waals surface area contributed by atoms with Crippen LogP contribution in [0.2, 0.25) is 0 Å². The number of para-hydroxylation sites is 2. The molecule has 3 aromatic carbocycles. The largest absolute Gasteiger partial charge is 0.308 e. The summed E-state index contributed by atoms with van der Waals surface area (Å²) < 4.78 is 4.41. The van der Waals surface area contributed by atoms with Gasteiger partial charge < -0.3 is 9.13 Å². The number of hydrogen-bond donors (Lipinski definition) is 0. The molecule has 5 heterocycles. The first kappa shape index (κ1) is 24.0. The first-order valence-corrected chi connectivity index (χ1v) is 13.8. The third-order valence-electron chi connectivity index (χ3n) is 8.05. The van der Waals surface area contributed by atoms with Gasteiger partial charge in [-0.05, 0) is 73.5 Å². The van der Waals surface area contributed by atoms with Crippen LogP contribution >= 0.6 is 0 Å². The molecule has 0 amide bonds. The second-order valence-corrected chi connectivity index (χ2v) is 10.6. The van der Waals surface area contributed by atoms with Gasteiger partial charge in [-0.3, -0.25) is 15.0 Å². The van der Waals surface area contributed by atoms with Gasteiger partial charge in [-0.2, -0.15) is 5.26 Å². The molecule has 8 aromatic rings. The van der Waals surface area contributed by atoms with E-state index in [1.54, 1.807) is 0 Å². The van der Waals surface area contributed by atoms with Crippen molar-refractivity contribution in [2.24, 2.45) is 0 Å². The summed E-state index contributed by atoms with van der Waals surface area (Å²) in [4.78, 5) is 13.5. The number of nitrogens with zero attached hydrogens (tertiary/aromatic N) is 6. The van der Waals surface area contributed by atoms with Crippen molar-refractivity contribution in [1.82, 2.24) is 24.1 Å². The van der Waals surface area contributed by atoms with E-state index in [-0.39, 0.29) is 0 Å². The van der Waals surface area contributed by atoms with Crippen LogP contribution in [0.15, 0.2) is 110 Å². The highest BCUT2D eigenvalue weighted by Crippen LogP contribution is 2.39. The molecule has 198 valence electrons. The van der Waals surface area contributed by atoms with Crippen LogP contribution in [0, 0.1) is 25.2 Å². The molecule has 0 aliphatic heterocycles. The molecule has 0 radical (unpaired) electrons. The number of pyridine rings is 3. The van der Waals surface area contributed by atoms with Crippen molar-refractivity contribution in [2.75, 3.05) is 0 Å². The molecule has 0 aliphatic rings. The number of hydrogen-bond acceptors (Lipinski definition) is 4. The van der Waals surface area contributed by atoms with Crippen molar-refractivity contribution in [3.8, 4) is 28.6 Å². The minimum Gasteiger partial charge on any atom is -0.308 e. The lowest BCUT2D eigenvalue weighted by Gasteiger charge is -2.18. The first-order valence-electron chi connectivity index (χ1n) is 13.8. The van der Waals surface area contributed by atoms with Gasteiger partial charge in [-0.15, -0.1) is 0 Å². The summed E-state index contributed by atoms with van der Waals surface area (Å²) in [6.07, 6.45) is 7.43. The summed E-state index contributed by atoms with van der Waals surface area (Å²) in [5.74, 6) is 0. The quantitative estimate of drug-likeness (QED) is 0.226. The number of aryl methyl sites for hydroxylation is 2. The van der Waals surface area contributed by atoms with Crippen LogP contribution in [-0.2, 0) is 0 Å². The van der Waals surface area contributed by atoms with Crippen LogP contribution in [0.1, 0.15) is 17.0 Å². The molecule has 8 rings (SSSR count). The average Bonchev–Trinajstić information content (AvgIpc) is 3.53. The van der Waals surface area contributed by atoms with Crippen LogP contribution in [0.5, 0.6) is 0 Å². The lowest BCUT2D eigenvalue weighted by molar-refractivity contribution is 1.11. The minimum atomic E-state index is 0.584. The maximum Gasteiger partial charge on any atom is 0.104 e. The molecule has 0 N–H and O–H groups in total. The predicted octanol–water partition coefficient (Wildman–Crippen LogP) is 8.22. The normalized spacial score (nSPS) is 11.5. The van der Waals surface area contributed by atoms with E-state index in [0.717, 1.165) is 77.5 Å². The van der Waals surface area contributed by atoms with Gasteiger partial charge in [-0.1, -0.05) is 36.4 Å². The molecule has 5 aromatic heterocycles. The fourth-order valence-electron chi connectivity index (χ4n) is 6.40. The van der Waals surface area contributed by atoms with Crippen LogP contribution in [0.25, 0.3) is 66.1 Å². The molecule has 42 heavy (non-hydrogen) atoms. The molecular formula is C36H24N6. The van der Waals surface area contributed by atoms with E-state index in [2.05, 4.69) is 78.7 Å². The van der Waals surface area contributed by atoms with Gasteiger partial charge in [0.2, 0.25) is 0 Å². The molecule has 6 heteroatoms. The van der Waals surface area contributed by atoms with E-state index in [0.29, 0.717) is 5.56 Å². The van der Waals surface area contributed by atoms with E-state index in [1.807, 2.05) is 75.0 Å². The van der Waals surface area contributed by atoms with Gasteiger partial charge in [0.15, 0.2) is 0 Å². The van der Waals surface area contributed by atoms with Crippen molar-refractivity contribution in [2.45, 2.75) is 13.8 Å². The summed E-state index contributed by atoms with van der Waals surface area (Å²) in [6, 6.07) is 31.7. The number of rotatable bonds is 3. The summed E-state index contributed by atoms with van der Waals surface area (Å²) in [5.41, 5.74) is 10.2. The lowest BCUT2D eigenvalue weighted by Crippen LogP contribution is -2.05. The van der Waals surface area contributed by atoms with E-state index < -0.39 is 0 Å². The van der Waals surface area contributed by atoms with Crippen molar-refractivity contribution in [1.29, 1.82) is 5.26 Å². The van der Waals surface area contributed by atoms with E-state index in [1.165, 1.54) is 0 Å². The maximum absolute atomic E-state index is 10.9. The second kappa shape index (κ2) is 9.12. The zero-order valence-electron chi connectivity index (χ0n) is 23.1. The van der Waals surface area contributed by atoms with Crippen molar-refractivity contribution < 1.29 is 0 Å². The van der Waals surface area contributed by atoms with Crippen LogP contribution in [0.4, 0.5) is 0 Å². The maximum atomic E-state index is 10.9. The summed E-state index contributed by atoms with van der Waals surface area (Å²) in [6.45, 7) is 4.03. The molecule has 0 fully saturated rings. The summed E-state index contributed by atoms with van der Waals surface area (Å²) in [5, 5.41) is 15.2. The Morgan fingerprint density at radius 3 is 1.52 bits per heavy atom. The fraction of sp³-hybridized carbons (Fsp3) is 0.0556. The Hall–Kier alpha value is -5.80. The molecule has 0 saturated heterocycles. The number of benzene rings is 3. The van der Waals surface area contributed by atoms with Gasteiger partial charge in [0, 0.05) is 57.7 Å². The Morgan fingerprint density at radius 1 is 0.571 bits per heavy atom. The van der Waals surface area contributed by atoms with Crippen molar-refractivity contribution in [3.05, 3.63) is 127 Å². The zero-order chi connectivity index (χ0) is 28.4. The second-order valence-electron chi connectivity index (χ2n) is 10.6. The minimum absolute atomic E-state index is 0.584. The van der Waals surface area contributed by atoms with E-state index in [4.69, 9.17) is 0 Å². The highest BCUT2D eigenvalue weighted by atomic mass is 15.0. The lowest BCUT2D eigenvalue weighted by atomic mass is 9.99. The fourth-order valence-corrected chi connectivity index (χ4v) is 6.40. The highest BCUT2D eigenvalue weighted by molar-refractivity contribution is 6.10. The Kier molecular flexibility index (Phi) is 5.22. The van der Waals surface area contributed by atoms with Crippen molar-refractivity contribution in [3.63, 3.8) is 0 Å². The van der Waals surface area contributed by atoms with Crippen molar-refractivity contribution >= 4 is 43.6 Å². The average molecular weight is 541 g/mol. The third kappa shape index (κ3) is 3.47. The smallest absolute Gasteiger partial charge is 0.104 e. The molecule has 0 atom stereocenters. The molecule has 0 aliphatic carbocycles. The topological polar surface area (TPSA) is 72.3 Å². The van der Waals surface area contributed by atoms with Crippen LogP contribution < -0.4 is 0 Å². The monoisotopic (exact) mass is 540 g/mol. The molecule has 0 saturated carbocycles. The van der Waals surface area contributed by atoms with Gasteiger partial charge in [0.1, 0.15) is 11.6 Å². The molecular weight excluding hydrogens is 516 g/mol. The Labute approximate surface area is 241 Å². The third-order valence-corrected chi connectivity index (χ3v) is 8.05. The molecule has 6 nitrogen and oxygen atoms in total. The molecule has 0 spiro atoms. The predicted molar refractivity (Wildman–Crippen MR) is 168 cm³/mol. The zero-order valence-corrected chi connectivity index (χ0v) is 23.1. The van der Waals surface area contributed by atoms with Gasteiger partial charge in [0.25, 0.3) is 0 Å². The molecule has 0 unspecified atom stereocenters. The SMILES string of the molecule is Cc1cc(-c2cc(-n3c4ccccc4c4cnccc43)c(C#N)c(-n3c4ccccc4c4cnccc43)c2)cc(C)n1. The van der Waals surface area contributed by atoms with E-state index >= 15 is 0 Å². The number of fused-ring (bicyclic) bond motifs is 6. The van der Waals surface area contributed by atoms with Gasteiger partial charge >= 0.3 is 0 Å². The Bertz CT molecular complexity index is 2140. The first-order chi connectivity index (χ1) is 20.6. The standard InChI is InChI=1S/C36H24N6/c1-22-15-24(16-23(2)40-22)25-17-35(41-31-9-5-3-7-26(31)29-20-38-13-11-33(29)41)28(19-37)36(18-25)42-32-10-6-4-8-27(32)30-21-39-14-12-34(30)42/h3-18,20-21H,1-2H3.